The molecule has 0 aliphatic carbocycles. The smallest absolute Gasteiger partial charge is 0.323 e. The van der Waals surface area contributed by atoms with Gasteiger partial charge in [-0.3, -0.25) is 9.69 Å². The molecule has 8 heteroatoms. The highest BCUT2D eigenvalue weighted by Gasteiger charge is 2.32. The molecule has 128 valence electrons. The number of rotatable bonds is 5. The van der Waals surface area contributed by atoms with Crippen molar-refractivity contribution in [2.75, 3.05) is 32.8 Å². The molecule has 0 bridgehead atoms. The molecule has 2 rings (SSSR count). The monoisotopic (exact) mass is 360 g/mol. The molecule has 1 aromatic carbocycles. The van der Waals surface area contributed by atoms with E-state index >= 15 is 0 Å². The number of nitrogens with zero attached hydrogens (tertiary/aromatic N) is 2. The molecule has 1 atom stereocenters. The Labute approximate surface area is 142 Å². The number of benzene rings is 1. The Morgan fingerprint density at radius 1 is 1.22 bits per heavy atom. The first-order chi connectivity index (χ1) is 10.9. The summed E-state index contributed by atoms with van der Waals surface area (Å²) in [5.74, 6) is -0.276. The van der Waals surface area contributed by atoms with Gasteiger partial charge in [0.1, 0.15) is 6.04 Å². The van der Waals surface area contributed by atoms with Crippen molar-refractivity contribution in [3.63, 3.8) is 0 Å². The molecule has 0 amide bonds. The minimum Gasteiger partial charge on any atom is -0.465 e. The quantitative estimate of drug-likeness (QED) is 0.746. The minimum atomic E-state index is -3.53. The van der Waals surface area contributed by atoms with Crippen LogP contribution in [0.25, 0.3) is 0 Å². The van der Waals surface area contributed by atoms with E-state index in [1.165, 1.54) is 16.4 Å². The first-order valence-electron chi connectivity index (χ1n) is 7.52. The summed E-state index contributed by atoms with van der Waals surface area (Å²) in [4.78, 5) is 13.9. The van der Waals surface area contributed by atoms with Crippen LogP contribution in [0.5, 0.6) is 0 Å². The normalized spacial score (nSPS) is 18.6. The predicted molar refractivity (Wildman–Crippen MR) is 87.9 cm³/mol. The van der Waals surface area contributed by atoms with Crippen molar-refractivity contribution < 1.29 is 17.9 Å². The van der Waals surface area contributed by atoms with E-state index < -0.39 is 10.0 Å². The molecule has 0 spiro atoms. The second-order valence-electron chi connectivity index (χ2n) is 5.32. The number of hydrogen-bond acceptors (Lipinski definition) is 5. The van der Waals surface area contributed by atoms with Gasteiger partial charge in [0.2, 0.25) is 10.0 Å². The number of halogens is 1. The summed E-state index contributed by atoms with van der Waals surface area (Å²) in [7, 11) is -3.53. The molecule has 1 aliphatic heterocycles. The van der Waals surface area contributed by atoms with Crippen LogP contribution in [-0.2, 0) is 19.6 Å². The Morgan fingerprint density at radius 3 is 2.30 bits per heavy atom. The van der Waals surface area contributed by atoms with Gasteiger partial charge < -0.3 is 4.74 Å². The van der Waals surface area contributed by atoms with Crippen LogP contribution in [-0.4, -0.2) is 62.4 Å². The van der Waals surface area contributed by atoms with Crippen LogP contribution in [0.4, 0.5) is 0 Å². The lowest BCUT2D eigenvalue weighted by Gasteiger charge is -2.36. The Morgan fingerprint density at radius 2 is 1.78 bits per heavy atom. The van der Waals surface area contributed by atoms with Crippen molar-refractivity contribution in [2.45, 2.75) is 24.8 Å². The molecule has 0 N–H and O–H groups in total. The van der Waals surface area contributed by atoms with Gasteiger partial charge in [-0.1, -0.05) is 11.6 Å². The number of esters is 1. The first kappa shape index (κ1) is 18.2. The molecule has 23 heavy (non-hydrogen) atoms. The largest absolute Gasteiger partial charge is 0.465 e. The average Bonchev–Trinajstić information content (AvgIpc) is 2.55. The maximum Gasteiger partial charge on any atom is 0.323 e. The summed E-state index contributed by atoms with van der Waals surface area (Å²) < 4.78 is 31.6. The highest BCUT2D eigenvalue weighted by atomic mass is 35.5. The fourth-order valence-corrected chi connectivity index (χ4v) is 4.05. The molecule has 0 saturated carbocycles. The molecule has 0 aromatic heterocycles. The van der Waals surface area contributed by atoms with Crippen molar-refractivity contribution in [2.24, 2.45) is 0 Å². The third-order valence-electron chi connectivity index (χ3n) is 3.90. The molecular formula is C15H21ClN2O4S. The summed E-state index contributed by atoms with van der Waals surface area (Å²) in [5.41, 5.74) is 0. The number of piperazine rings is 1. The van der Waals surface area contributed by atoms with E-state index in [1.54, 1.807) is 26.0 Å². The van der Waals surface area contributed by atoms with Gasteiger partial charge in [-0.15, -0.1) is 0 Å². The molecular weight excluding hydrogens is 340 g/mol. The van der Waals surface area contributed by atoms with Crippen LogP contribution in [0, 0.1) is 0 Å². The third kappa shape index (κ3) is 4.23. The number of sulfonamides is 1. The van der Waals surface area contributed by atoms with Crippen LogP contribution in [0.15, 0.2) is 29.2 Å². The molecule has 1 fully saturated rings. The summed E-state index contributed by atoms with van der Waals surface area (Å²) in [5, 5.41) is 0.497. The standard InChI is InChI=1S/C15H21ClN2O4S/c1-3-22-15(19)12(2)17-8-10-18(11-9-17)23(20,21)14-6-4-13(16)5-7-14/h4-7,12H,3,8-11H2,1-2H3. The zero-order valence-electron chi connectivity index (χ0n) is 13.2. The van der Waals surface area contributed by atoms with Crippen molar-refractivity contribution in [3.8, 4) is 0 Å². The lowest BCUT2D eigenvalue weighted by molar-refractivity contribution is -0.149. The number of carbonyl (C=O) groups is 1. The summed E-state index contributed by atoms with van der Waals surface area (Å²) in [6.07, 6.45) is 0. The predicted octanol–water partition coefficient (Wildman–Crippen LogP) is 1.60. The Bertz CT molecular complexity index is 640. The Kier molecular flexibility index (Phi) is 6.02. The lowest BCUT2D eigenvalue weighted by atomic mass is 10.2. The van der Waals surface area contributed by atoms with E-state index in [-0.39, 0.29) is 16.9 Å². The second-order valence-corrected chi connectivity index (χ2v) is 7.70. The van der Waals surface area contributed by atoms with Gasteiger partial charge in [-0.25, -0.2) is 8.42 Å². The van der Waals surface area contributed by atoms with Crippen molar-refractivity contribution >= 4 is 27.6 Å². The van der Waals surface area contributed by atoms with Crippen molar-refractivity contribution in [3.05, 3.63) is 29.3 Å². The molecule has 1 aromatic rings. The van der Waals surface area contributed by atoms with E-state index in [0.717, 1.165) is 0 Å². The lowest BCUT2D eigenvalue weighted by Crippen LogP contribution is -2.53. The van der Waals surface area contributed by atoms with Crippen LogP contribution >= 0.6 is 11.6 Å². The summed E-state index contributed by atoms with van der Waals surface area (Å²) >= 11 is 5.80. The van der Waals surface area contributed by atoms with E-state index in [2.05, 4.69) is 0 Å². The average molecular weight is 361 g/mol. The Balaban J connectivity index is 2.01. The number of carbonyl (C=O) groups excluding carboxylic acids is 1. The van der Waals surface area contributed by atoms with E-state index in [1.807, 2.05) is 4.90 Å². The fraction of sp³-hybridized carbons (Fsp3) is 0.533. The number of hydrogen-bond donors (Lipinski definition) is 0. The maximum absolute atomic E-state index is 12.6. The fourth-order valence-electron chi connectivity index (χ4n) is 2.50. The molecule has 1 aliphatic rings. The van der Waals surface area contributed by atoms with E-state index in [4.69, 9.17) is 16.3 Å². The molecule has 0 radical (unpaired) electrons. The van der Waals surface area contributed by atoms with Crippen LogP contribution in [0.3, 0.4) is 0 Å². The number of ether oxygens (including phenoxy) is 1. The van der Waals surface area contributed by atoms with Gasteiger partial charge in [-0.2, -0.15) is 4.31 Å². The van der Waals surface area contributed by atoms with Crippen molar-refractivity contribution in [1.29, 1.82) is 0 Å². The molecule has 1 unspecified atom stereocenters. The van der Waals surface area contributed by atoms with Crippen molar-refractivity contribution in [1.82, 2.24) is 9.21 Å². The first-order valence-corrected chi connectivity index (χ1v) is 9.34. The van der Waals surface area contributed by atoms with Crippen LogP contribution in [0.2, 0.25) is 5.02 Å². The third-order valence-corrected chi connectivity index (χ3v) is 6.06. The molecule has 6 nitrogen and oxygen atoms in total. The SMILES string of the molecule is CCOC(=O)C(C)N1CCN(S(=O)(=O)c2ccc(Cl)cc2)CC1. The van der Waals surface area contributed by atoms with Gasteiger partial charge in [0.15, 0.2) is 0 Å². The highest BCUT2D eigenvalue weighted by molar-refractivity contribution is 7.89. The van der Waals surface area contributed by atoms with Gasteiger partial charge in [0.05, 0.1) is 11.5 Å². The van der Waals surface area contributed by atoms with E-state index in [0.29, 0.717) is 37.8 Å². The van der Waals surface area contributed by atoms with Gasteiger partial charge in [0.25, 0.3) is 0 Å². The Hall–Kier alpha value is -1.15. The summed E-state index contributed by atoms with van der Waals surface area (Å²) in [6, 6.07) is 5.77. The zero-order chi connectivity index (χ0) is 17.0. The van der Waals surface area contributed by atoms with E-state index in [9.17, 15) is 13.2 Å². The zero-order valence-corrected chi connectivity index (χ0v) is 14.8. The van der Waals surface area contributed by atoms with Gasteiger partial charge in [-0.05, 0) is 38.1 Å². The topological polar surface area (TPSA) is 66.9 Å². The van der Waals surface area contributed by atoms with Gasteiger partial charge in [0, 0.05) is 31.2 Å². The van der Waals surface area contributed by atoms with Crippen LogP contribution in [0.1, 0.15) is 13.8 Å². The van der Waals surface area contributed by atoms with Crippen LogP contribution < -0.4 is 0 Å². The maximum atomic E-state index is 12.6. The minimum absolute atomic E-state index is 0.230. The second kappa shape index (κ2) is 7.61. The summed E-state index contributed by atoms with van der Waals surface area (Å²) in [6.45, 7) is 5.56. The van der Waals surface area contributed by atoms with Gasteiger partial charge >= 0.3 is 5.97 Å². The highest BCUT2D eigenvalue weighted by Crippen LogP contribution is 2.20. The molecule has 1 saturated heterocycles. The molecule has 1 heterocycles.